The van der Waals surface area contributed by atoms with Gasteiger partial charge in [0.25, 0.3) is 0 Å². The summed E-state index contributed by atoms with van der Waals surface area (Å²) in [6, 6.07) is 21.6. The molecule has 0 saturated heterocycles. The first-order valence-electron chi connectivity index (χ1n) is 7.57. The summed E-state index contributed by atoms with van der Waals surface area (Å²) < 4.78 is 41.3. The minimum atomic E-state index is -6.00. The number of thiophene rings is 1. The van der Waals surface area contributed by atoms with Gasteiger partial charge in [-0.25, -0.2) is 0 Å². The summed E-state index contributed by atoms with van der Waals surface area (Å²) in [5.41, 5.74) is 3.90. The van der Waals surface area contributed by atoms with Crippen molar-refractivity contribution < 1.29 is 21.8 Å². The second kappa shape index (κ2) is 6.84. The van der Waals surface area contributed by atoms with Crippen LogP contribution in [-0.4, -0.2) is 7.25 Å². The van der Waals surface area contributed by atoms with Gasteiger partial charge in [-0.2, -0.15) is 4.57 Å². The number of fused-ring (bicyclic) bond motifs is 2. The summed E-state index contributed by atoms with van der Waals surface area (Å²) in [6.45, 7) is 0. The highest BCUT2D eigenvalue weighted by Crippen LogP contribution is 2.36. The van der Waals surface area contributed by atoms with E-state index in [2.05, 4.69) is 77.7 Å². The Morgan fingerprint density at radius 3 is 1.68 bits per heavy atom. The van der Waals surface area contributed by atoms with Crippen LogP contribution in [0.4, 0.5) is 17.3 Å². The first-order valence-corrected chi connectivity index (χ1v) is 8.45. The van der Waals surface area contributed by atoms with Gasteiger partial charge in [-0.1, -0.05) is 30.3 Å². The highest BCUT2D eigenvalue weighted by atomic mass is 32.1. The summed E-state index contributed by atoms with van der Waals surface area (Å²) in [6.07, 6.45) is 0. The number of aryl methyl sites for hydroxylation is 1. The van der Waals surface area contributed by atoms with Crippen molar-refractivity contribution in [1.29, 1.82) is 0 Å². The van der Waals surface area contributed by atoms with Crippen LogP contribution in [0.25, 0.3) is 32.2 Å². The Labute approximate surface area is 146 Å². The molecule has 2 aromatic heterocycles. The van der Waals surface area contributed by atoms with Gasteiger partial charge in [0, 0.05) is 22.6 Å². The van der Waals surface area contributed by atoms with Crippen LogP contribution < -0.4 is 4.57 Å². The lowest BCUT2D eigenvalue weighted by molar-refractivity contribution is -0.617. The molecule has 0 amide bonds. The standard InChI is InChI=1S/C18H14NS.BF4/c1-19-15-9-4-2-7-13(15)18(17-11-6-12-20-17)14-8-3-5-10-16(14)19;2-1(3,4)5/h2-12H,1H3;/q+1;-1. The van der Waals surface area contributed by atoms with Crippen LogP contribution in [0.15, 0.2) is 66.0 Å². The molecule has 1 nitrogen and oxygen atoms in total. The number of pyridine rings is 1. The fourth-order valence-electron chi connectivity index (χ4n) is 2.92. The van der Waals surface area contributed by atoms with E-state index < -0.39 is 7.25 Å². The number of aromatic nitrogens is 1. The Balaban J connectivity index is 0.000000324. The van der Waals surface area contributed by atoms with Crippen molar-refractivity contribution in [2.45, 2.75) is 0 Å². The molecule has 128 valence electrons. The molecule has 0 atom stereocenters. The molecule has 0 radical (unpaired) electrons. The fourth-order valence-corrected chi connectivity index (χ4v) is 3.71. The zero-order valence-corrected chi connectivity index (χ0v) is 14.1. The molecule has 0 aliphatic carbocycles. The van der Waals surface area contributed by atoms with Crippen LogP contribution in [0, 0.1) is 0 Å². The summed E-state index contributed by atoms with van der Waals surface area (Å²) in [4.78, 5) is 1.33. The minimum Gasteiger partial charge on any atom is -0.418 e. The molecule has 25 heavy (non-hydrogen) atoms. The van der Waals surface area contributed by atoms with Gasteiger partial charge >= 0.3 is 7.25 Å². The lowest BCUT2D eigenvalue weighted by atomic mass is 10.0. The van der Waals surface area contributed by atoms with Crippen molar-refractivity contribution in [2.75, 3.05) is 0 Å². The predicted octanol–water partition coefficient (Wildman–Crippen LogP) is 5.85. The van der Waals surface area contributed by atoms with E-state index in [0.29, 0.717) is 0 Å². The first kappa shape index (κ1) is 17.4. The molecule has 0 N–H and O–H groups in total. The predicted molar refractivity (Wildman–Crippen MR) is 96.1 cm³/mol. The fraction of sp³-hybridized carbons (Fsp3) is 0.0556. The normalized spacial score (nSPS) is 11.4. The zero-order chi connectivity index (χ0) is 18.0. The maximum absolute atomic E-state index is 9.75. The molecular formula is C18H14BF4NS. The van der Waals surface area contributed by atoms with Crippen LogP contribution in [-0.2, 0) is 7.05 Å². The molecule has 7 heteroatoms. The minimum absolute atomic E-state index is 1.27. The van der Waals surface area contributed by atoms with Crippen molar-refractivity contribution in [3.8, 4) is 10.4 Å². The van der Waals surface area contributed by atoms with E-state index in [1.165, 1.54) is 32.2 Å². The second-order valence-corrected chi connectivity index (χ2v) is 6.39. The molecule has 0 fully saturated rings. The average Bonchev–Trinajstić information content (AvgIpc) is 3.08. The van der Waals surface area contributed by atoms with Crippen LogP contribution >= 0.6 is 11.3 Å². The van der Waals surface area contributed by atoms with E-state index in [1.54, 1.807) is 11.3 Å². The molecule has 0 spiro atoms. The lowest BCUT2D eigenvalue weighted by Crippen LogP contribution is -2.30. The van der Waals surface area contributed by atoms with Gasteiger partial charge < -0.3 is 17.3 Å². The van der Waals surface area contributed by atoms with Crippen LogP contribution in [0.3, 0.4) is 0 Å². The number of hydrogen-bond acceptors (Lipinski definition) is 1. The summed E-state index contributed by atoms with van der Waals surface area (Å²) >= 11 is 1.80. The highest BCUT2D eigenvalue weighted by molar-refractivity contribution is 7.13. The average molecular weight is 363 g/mol. The third-order valence-corrected chi connectivity index (χ3v) is 4.72. The SMILES string of the molecule is C[n+]1c2ccccc2c(-c2cccs2)c2ccccc21.F[B-](F)(F)F. The van der Waals surface area contributed by atoms with E-state index in [1.807, 2.05) is 0 Å². The lowest BCUT2D eigenvalue weighted by Gasteiger charge is -2.08. The number of rotatable bonds is 1. The maximum atomic E-state index is 9.75. The second-order valence-electron chi connectivity index (χ2n) is 5.44. The molecule has 0 bridgehead atoms. The van der Waals surface area contributed by atoms with Gasteiger partial charge in [-0.3, -0.25) is 0 Å². The van der Waals surface area contributed by atoms with Gasteiger partial charge in [0.2, 0.25) is 11.0 Å². The van der Waals surface area contributed by atoms with E-state index in [4.69, 9.17) is 0 Å². The summed E-state index contributed by atoms with van der Waals surface area (Å²) in [7, 11) is -3.86. The summed E-state index contributed by atoms with van der Waals surface area (Å²) in [5, 5.41) is 4.78. The Morgan fingerprint density at radius 2 is 1.24 bits per heavy atom. The van der Waals surface area contributed by atoms with Gasteiger partial charge in [-0.15, -0.1) is 11.3 Å². The van der Waals surface area contributed by atoms with Crippen LogP contribution in [0.2, 0.25) is 0 Å². The molecule has 2 heterocycles. The Kier molecular flexibility index (Phi) is 4.77. The van der Waals surface area contributed by atoms with Crippen molar-refractivity contribution in [1.82, 2.24) is 0 Å². The molecule has 0 aliphatic rings. The van der Waals surface area contributed by atoms with Crippen LogP contribution in [0.1, 0.15) is 0 Å². The number of benzene rings is 2. The monoisotopic (exact) mass is 363 g/mol. The molecule has 4 rings (SSSR count). The number of halogens is 4. The molecular weight excluding hydrogens is 349 g/mol. The Bertz CT molecular complexity index is 950. The van der Waals surface area contributed by atoms with Gasteiger partial charge in [0.1, 0.15) is 7.05 Å². The highest BCUT2D eigenvalue weighted by Gasteiger charge is 2.20. The van der Waals surface area contributed by atoms with E-state index in [0.717, 1.165) is 0 Å². The Hall–Kier alpha value is -2.41. The number of hydrogen-bond donors (Lipinski definition) is 0. The van der Waals surface area contributed by atoms with Gasteiger partial charge in [0.15, 0.2) is 0 Å². The quantitative estimate of drug-likeness (QED) is 0.173. The van der Waals surface area contributed by atoms with Crippen molar-refractivity contribution >= 4 is 40.4 Å². The van der Waals surface area contributed by atoms with E-state index in [9.17, 15) is 17.3 Å². The molecule has 0 aliphatic heterocycles. The molecule has 4 aromatic rings. The smallest absolute Gasteiger partial charge is 0.418 e. The molecule has 0 unspecified atom stereocenters. The Morgan fingerprint density at radius 1 is 0.760 bits per heavy atom. The molecule has 0 saturated carbocycles. The third-order valence-electron chi connectivity index (χ3n) is 3.84. The first-order chi connectivity index (χ1) is 11.9. The van der Waals surface area contributed by atoms with Crippen LogP contribution in [0.5, 0.6) is 0 Å². The summed E-state index contributed by atoms with van der Waals surface area (Å²) in [5.74, 6) is 0. The van der Waals surface area contributed by atoms with Gasteiger partial charge in [-0.05, 0) is 23.6 Å². The van der Waals surface area contributed by atoms with Crippen molar-refractivity contribution in [3.05, 3.63) is 66.0 Å². The number of nitrogens with zero attached hydrogens (tertiary/aromatic N) is 1. The largest absolute Gasteiger partial charge is 0.673 e. The molecule has 2 aromatic carbocycles. The van der Waals surface area contributed by atoms with E-state index in [-0.39, 0.29) is 0 Å². The topological polar surface area (TPSA) is 3.88 Å². The van der Waals surface area contributed by atoms with Crippen molar-refractivity contribution in [3.63, 3.8) is 0 Å². The van der Waals surface area contributed by atoms with E-state index >= 15 is 0 Å². The maximum Gasteiger partial charge on any atom is 0.673 e. The van der Waals surface area contributed by atoms with Gasteiger partial charge in [0.05, 0.1) is 10.8 Å². The zero-order valence-electron chi connectivity index (χ0n) is 13.3. The number of para-hydroxylation sites is 2. The third kappa shape index (κ3) is 3.82. The van der Waals surface area contributed by atoms with Crippen molar-refractivity contribution in [2.24, 2.45) is 7.05 Å².